The highest BCUT2D eigenvalue weighted by molar-refractivity contribution is 7.17. The summed E-state index contributed by atoms with van der Waals surface area (Å²) < 4.78 is 1.43. The summed E-state index contributed by atoms with van der Waals surface area (Å²) in [5.41, 5.74) is 1.56. The minimum atomic E-state index is 0.660. The summed E-state index contributed by atoms with van der Waals surface area (Å²) in [7, 11) is 0. The molecule has 0 saturated carbocycles. The normalized spacial score (nSPS) is 26.1. The Morgan fingerprint density at radius 3 is 3.12 bits per heavy atom. The molecule has 1 nitrogen and oxygen atoms in total. The van der Waals surface area contributed by atoms with Gasteiger partial charge in [-0.15, -0.1) is 11.3 Å². The summed E-state index contributed by atoms with van der Waals surface area (Å²) in [6.45, 7) is 3.45. The van der Waals surface area contributed by atoms with Gasteiger partial charge in [-0.1, -0.05) is 12.1 Å². The molecule has 1 aliphatic heterocycles. The number of rotatable bonds is 1. The molecule has 1 aromatic heterocycles. The maximum absolute atomic E-state index is 3.53. The Morgan fingerprint density at radius 1 is 1.31 bits per heavy atom. The first-order chi connectivity index (χ1) is 7.84. The molecule has 1 aliphatic rings. The van der Waals surface area contributed by atoms with Crippen LogP contribution >= 0.6 is 11.3 Å². The number of nitrogens with one attached hydrogen (secondary N) is 1. The van der Waals surface area contributed by atoms with E-state index < -0.39 is 0 Å². The molecular weight excluding hydrogens is 214 g/mol. The molecule has 2 atom stereocenters. The summed E-state index contributed by atoms with van der Waals surface area (Å²) in [5.74, 6) is 0.745. The molecule has 1 fully saturated rings. The van der Waals surface area contributed by atoms with Crippen LogP contribution in [0.5, 0.6) is 0 Å². The van der Waals surface area contributed by atoms with Crippen LogP contribution in [0.2, 0.25) is 0 Å². The van der Waals surface area contributed by atoms with Crippen LogP contribution in [0.15, 0.2) is 29.6 Å². The Morgan fingerprint density at radius 2 is 2.25 bits per heavy atom. The Bertz CT molecular complexity index is 488. The van der Waals surface area contributed by atoms with Gasteiger partial charge < -0.3 is 5.32 Å². The third-order valence-corrected chi connectivity index (χ3v) is 4.48. The monoisotopic (exact) mass is 231 g/mol. The SMILES string of the molecule is CC1CC(c2cccc3sccc23)CCN1. The van der Waals surface area contributed by atoms with E-state index in [9.17, 15) is 0 Å². The van der Waals surface area contributed by atoms with Gasteiger partial charge in [0.25, 0.3) is 0 Å². The number of thiophene rings is 1. The second kappa shape index (κ2) is 4.19. The fourth-order valence-corrected chi connectivity index (χ4v) is 3.61. The van der Waals surface area contributed by atoms with Crippen molar-refractivity contribution in [3.05, 3.63) is 35.2 Å². The number of hydrogen-bond acceptors (Lipinski definition) is 2. The van der Waals surface area contributed by atoms with Gasteiger partial charge in [-0.05, 0) is 60.7 Å². The molecule has 1 saturated heterocycles. The van der Waals surface area contributed by atoms with Crippen molar-refractivity contribution in [3.8, 4) is 0 Å². The largest absolute Gasteiger partial charge is 0.314 e. The molecule has 2 aromatic rings. The first-order valence-corrected chi connectivity index (χ1v) is 6.92. The van der Waals surface area contributed by atoms with E-state index in [1.54, 1.807) is 5.56 Å². The highest BCUT2D eigenvalue weighted by atomic mass is 32.1. The Kier molecular flexibility index (Phi) is 2.70. The minimum Gasteiger partial charge on any atom is -0.314 e. The van der Waals surface area contributed by atoms with Gasteiger partial charge in [-0.3, -0.25) is 0 Å². The van der Waals surface area contributed by atoms with Crippen molar-refractivity contribution in [1.29, 1.82) is 0 Å². The molecular formula is C14H17NS. The van der Waals surface area contributed by atoms with Crippen molar-refractivity contribution in [2.75, 3.05) is 6.54 Å². The molecule has 16 heavy (non-hydrogen) atoms. The first-order valence-electron chi connectivity index (χ1n) is 6.04. The zero-order valence-electron chi connectivity index (χ0n) is 9.57. The average molecular weight is 231 g/mol. The molecule has 0 spiro atoms. The fourth-order valence-electron chi connectivity index (χ4n) is 2.79. The molecule has 0 aliphatic carbocycles. The lowest BCUT2D eigenvalue weighted by molar-refractivity contribution is 0.382. The molecule has 84 valence electrons. The van der Waals surface area contributed by atoms with Crippen LogP contribution in [0.1, 0.15) is 31.2 Å². The lowest BCUT2D eigenvalue weighted by atomic mass is 9.85. The van der Waals surface area contributed by atoms with Crippen LogP contribution in [0.3, 0.4) is 0 Å². The maximum Gasteiger partial charge on any atom is 0.0345 e. The molecule has 0 bridgehead atoms. The minimum absolute atomic E-state index is 0.660. The van der Waals surface area contributed by atoms with E-state index in [0.717, 1.165) is 12.5 Å². The predicted molar refractivity (Wildman–Crippen MR) is 71.3 cm³/mol. The van der Waals surface area contributed by atoms with Gasteiger partial charge in [0.1, 0.15) is 0 Å². The molecule has 0 amide bonds. The molecule has 2 heteroatoms. The van der Waals surface area contributed by atoms with Gasteiger partial charge in [0.2, 0.25) is 0 Å². The van der Waals surface area contributed by atoms with E-state index in [0.29, 0.717) is 6.04 Å². The molecule has 1 aromatic carbocycles. The number of fused-ring (bicyclic) bond motifs is 1. The van der Waals surface area contributed by atoms with Crippen LogP contribution in [-0.2, 0) is 0 Å². The third-order valence-electron chi connectivity index (χ3n) is 3.59. The van der Waals surface area contributed by atoms with E-state index in [1.807, 2.05) is 11.3 Å². The van der Waals surface area contributed by atoms with Crippen molar-refractivity contribution in [3.63, 3.8) is 0 Å². The second-order valence-corrected chi connectivity index (χ2v) is 5.70. The average Bonchev–Trinajstić information content (AvgIpc) is 2.76. The smallest absolute Gasteiger partial charge is 0.0345 e. The van der Waals surface area contributed by atoms with E-state index in [4.69, 9.17) is 0 Å². The van der Waals surface area contributed by atoms with Gasteiger partial charge in [0.05, 0.1) is 0 Å². The summed E-state index contributed by atoms with van der Waals surface area (Å²) in [6.07, 6.45) is 2.55. The highest BCUT2D eigenvalue weighted by Gasteiger charge is 2.21. The molecule has 2 unspecified atom stereocenters. The zero-order chi connectivity index (χ0) is 11.0. The van der Waals surface area contributed by atoms with Crippen molar-refractivity contribution >= 4 is 21.4 Å². The number of hydrogen-bond donors (Lipinski definition) is 1. The molecule has 3 rings (SSSR count). The van der Waals surface area contributed by atoms with E-state index in [-0.39, 0.29) is 0 Å². The van der Waals surface area contributed by atoms with Crippen molar-refractivity contribution < 1.29 is 0 Å². The molecule has 2 heterocycles. The predicted octanol–water partition coefficient (Wildman–Crippen LogP) is 3.76. The van der Waals surface area contributed by atoms with Crippen LogP contribution in [-0.4, -0.2) is 12.6 Å². The molecule has 0 radical (unpaired) electrons. The van der Waals surface area contributed by atoms with Crippen molar-refractivity contribution in [2.24, 2.45) is 0 Å². The van der Waals surface area contributed by atoms with Gasteiger partial charge in [0.15, 0.2) is 0 Å². The van der Waals surface area contributed by atoms with Crippen molar-refractivity contribution in [1.82, 2.24) is 5.32 Å². The Hall–Kier alpha value is -0.860. The van der Waals surface area contributed by atoms with E-state index in [1.165, 1.54) is 22.9 Å². The topological polar surface area (TPSA) is 12.0 Å². The lowest BCUT2D eigenvalue weighted by Gasteiger charge is -2.28. The first kappa shape index (κ1) is 10.3. The summed E-state index contributed by atoms with van der Waals surface area (Å²) in [6, 6.07) is 9.70. The summed E-state index contributed by atoms with van der Waals surface area (Å²) >= 11 is 1.85. The van der Waals surface area contributed by atoms with Gasteiger partial charge in [-0.25, -0.2) is 0 Å². The van der Waals surface area contributed by atoms with Crippen LogP contribution in [0.4, 0.5) is 0 Å². The Balaban J connectivity index is 2.01. The zero-order valence-corrected chi connectivity index (χ0v) is 10.4. The lowest BCUT2D eigenvalue weighted by Crippen LogP contribution is -2.34. The van der Waals surface area contributed by atoms with E-state index in [2.05, 4.69) is 41.9 Å². The fraction of sp³-hybridized carbons (Fsp3) is 0.429. The number of benzene rings is 1. The van der Waals surface area contributed by atoms with Gasteiger partial charge in [0, 0.05) is 10.7 Å². The maximum atomic E-state index is 3.53. The summed E-state index contributed by atoms with van der Waals surface area (Å²) in [4.78, 5) is 0. The number of piperidine rings is 1. The van der Waals surface area contributed by atoms with Crippen LogP contribution < -0.4 is 5.32 Å². The summed E-state index contributed by atoms with van der Waals surface area (Å²) in [5, 5.41) is 7.21. The van der Waals surface area contributed by atoms with E-state index >= 15 is 0 Å². The van der Waals surface area contributed by atoms with Gasteiger partial charge in [-0.2, -0.15) is 0 Å². The third kappa shape index (κ3) is 1.76. The van der Waals surface area contributed by atoms with Crippen molar-refractivity contribution in [2.45, 2.75) is 31.7 Å². The van der Waals surface area contributed by atoms with Gasteiger partial charge >= 0.3 is 0 Å². The van der Waals surface area contributed by atoms with Crippen LogP contribution in [0, 0.1) is 0 Å². The van der Waals surface area contributed by atoms with Crippen LogP contribution in [0.25, 0.3) is 10.1 Å². The highest BCUT2D eigenvalue weighted by Crippen LogP contribution is 2.34. The standard InChI is InChI=1S/C14H17NS/c1-10-9-11(5-7-15-10)12-3-2-4-14-13(12)6-8-16-14/h2-4,6,8,10-11,15H,5,7,9H2,1H3. The molecule has 1 N–H and O–H groups in total. The quantitative estimate of drug-likeness (QED) is 0.788. The second-order valence-electron chi connectivity index (χ2n) is 4.76. The Labute approximate surface area is 100 Å².